The van der Waals surface area contributed by atoms with Crippen LogP contribution in [-0.2, 0) is 4.74 Å². The van der Waals surface area contributed by atoms with Gasteiger partial charge in [0.2, 0.25) is 0 Å². The molecule has 0 unspecified atom stereocenters. The Morgan fingerprint density at radius 2 is 2.00 bits per heavy atom. The molecule has 0 fully saturated rings. The summed E-state index contributed by atoms with van der Waals surface area (Å²) in [4.78, 5) is 13.4. The van der Waals surface area contributed by atoms with Gasteiger partial charge < -0.3 is 4.74 Å². The number of thiophene rings is 1. The minimum atomic E-state index is -0.303. The monoisotopic (exact) mass is 284 g/mol. The summed E-state index contributed by atoms with van der Waals surface area (Å²) in [5, 5.41) is 4.43. The number of benzene rings is 1. The number of hydrogen-bond acceptors (Lipinski definition) is 4. The number of hydrogen-bond donors (Lipinski definition) is 0. The Bertz CT molecular complexity index is 520. The van der Waals surface area contributed by atoms with E-state index in [-0.39, 0.29) is 5.97 Å². The third-order valence-electron chi connectivity index (χ3n) is 2.07. The molecule has 0 saturated heterocycles. The van der Waals surface area contributed by atoms with Crippen LogP contribution in [0.5, 0.6) is 0 Å². The first-order chi connectivity index (χ1) is 8.20. The van der Waals surface area contributed by atoms with Crippen molar-refractivity contribution in [1.82, 2.24) is 0 Å². The molecule has 2 aromatic rings. The van der Waals surface area contributed by atoms with Crippen LogP contribution in [0.2, 0.25) is 5.02 Å². The molecule has 2 rings (SSSR count). The van der Waals surface area contributed by atoms with Crippen LogP contribution in [0, 0.1) is 0 Å². The van der Waals surface area contributed by atoms with Gasteiger partial charge in [-0.3, -0.25) is 0 Å². The van der Waals surface area contributed by atoms with E-state index < -0.39 is 0 Å². The van der Waals surface area contributed by atoms with Gasteiger partial charge in [0.25, 0.3) is 0 Å². The van der Waals surface area contributed by atoms with Crippen molar-refractivity contribution in [3.63, 3.8) is 0 Å². The van der Waals surface area contributed by atoms with Crippen LogP contribution in [0.4, 0.5) is 0 Å². The van der Waals surface area contributed by atoms with E-state index in [0.717, 1.165) is 9.79 Å². The number of esters is 1. The van der Waals surface area contributed by atoms with E-state index in [1.165, 1.54) is 30.2 Å². The highest BCUT2D eigenvalue weighted by molar-refractivity contribution is 7.99. The SMILES string of the molecule is COC(=O)c1cscc1Sc1ccc(Cl)cc1. The maximum absolute atomic E-state index is 11.5. The maximum atomic E-state index is 11.5. The van der Waals surface area contributed by atoms with Crippen molar-refractivity contribution >= 4 is 40.7 Å². The van der Waals surface area contributed by atoms with Crippen molar-refractivity contribution in [2.24, 2.45) is 0 Å². The molecule has 0 aliphatic carbocycles. The molecule has 1 aromatic carbocycles. The molecule has 5 heteroatoms. The fraction of sp³-hybridized carbons (Fsp3) is 0.0833. The molecule has 2 nitrogen and oxygen atoms in total. The van der Waals surface area contributed by atoms with E-state index in [1.54, 1.807) is 5.38 Å². The number of rotatable bonds is 3. The standard InChI is InChI=1S/C12H9ClO2S2/c1-15-12(14)10-6-16-7-11(10)17-9-4-2-8(13)3-5-9/h2-7H,1H3. The van der Waals surface area contributed by atoms with E-state index >= 15 is 0 Å². The first kappa shape index (κ1) is 12.5. The van der Waals surface area contributed by atoms with Crippen LogP contribution in [0.25, 0.3) is 0 Å². The zero-order valence-electron chi connectivity index (χ0n) is 8.98. The summed E-state index contributed by atoms with van der Waals surface area (Å²) in [6, 6.07) is 7.50. The Morgan fingerprint density at radius 1 is 1.29 bits per heavy atom. The lowest BCUT2D eigenvalue weighted by Gasteiger charge is -2.02. The second-order valence-electron chi connectivity index (χ2n) is 3.20. The minimum Gasteiger partial charge on any atom is -0.465 e. The van der Waals surface area contributed by atoms with Gasteiger partial charge in [0.05, 0.1) is 12.7 Å². The summed E-state index contributed by atoms with van der Waals surface area (Å²) in [5.41, 5.74) is 0.609. The number of methoxy groups -OCH3 is 1. The van der Waals surface area contributed by atoms with Gasteiger partial charge in [0, 0.05) is 25.6 Å². The Labute approximate surface area is 113 Å². The van der Waals surface area contributed by atoms with Gasteiger partial charge >= 0.3 is 5.97 Å². The zero-order valence-corrected chi connectivity index (χ0v) is 11.4. The molecule has 17 heavy (non-hydrogen) atoms. The van der Waals surface area contributed by atoms with Crippen molar-refractivity contribution in [3.8, 4) is 0 Å². The first-order valence-corrected chi connectivity index (χ1v) is 6.92. The smallest absolute Gasteiger partial charge is 0.339 e. The maximum Gasteiger partial charge on any atom is 0.339 e. The lowest BCUT2D eigenvalue weighted by Crippen LogP contribution is -2.00. The Morgan fingerprint density at radius 3 is 2.65 bits per heavy atom. The molecule has 0 N–H and O–H groups in total. The number of carbonyl (C=O) groups excluding carboxylic acids is 1. The van der Waals surface area contributed by atoms with Crippen LogP contribution in [0.1, 0.15) is 10.4 Å². The first-order valence-electron chi connectivity index (χ1n) is 4.78. The molecule has 1 aromatic heterocycles. The predicted octanol–water partition coefficient (Wildman–Crippen LogP) is 4.34. The van der Waals surface area contributed by atoms with E-state index in [0.29, 0.717) is 10.6 Å². The van der Waals surface area contributed by atoms with Crippen LogP contribution in [0.3, 0.4) is 0 Å². The van der Waals surface area contributed by atoms with Crippen LogP contribution < -0.4 is 0 Å². The second-order valence-corrected chi connectivity index (χ2v) is 5.49. The highest BCUT2D eigenvalue weighted by Gasteiger charge is 2.13. The molecule has 0 spiro atoms. The highest BCUT2D eigenvalue weighted by Crippen LogP contribution is 2.33. The van der Waals surface area contributed by atoms with E-state index in [2.05, 4.69) is 0 Å². The average molecular weight is 285 g/mol. The van der Waals surface area contributed by atoms with Gasteiger partial charge in [-0.05, 0) is 24.3 Å². The molecule has 0 radical (unpaired) electrons. The van der Waals surface area contributed by atoms with Gasteiger partial charge in [0.1, 0.15) is 0 Å². The molecule has 88 valence electrons. The summed E-state index contributed by atoms with van der Waals surface area (Å²) in [7, 11) is 1.39. The summed E-state index contributed by atoms with van der Waals surface area (Å²) >= 11 is 8.83. The molecule has 0 aliphatic rings. The highest BCUT2D eigenvalue weighted by atomic mass is 35.5. The van der Waals surface area contributed by atoms with Gasteiger partial charge in [-0.25, -0.2) is 4.79 Å². The third kappa shape index (κ3) is 3.03. The zero-order chi connectivity index (χ0) is 12.3. The molecule has 0 saturated carbocycles. The van der Waals surface area contributed by atoms with Gasteiger partial charge in [-0.1, -0.05) is 23.4 Å². The van der Waals surface area contributed by atoms with Crippen molar-refractivity contribution in [1.29, 1.82) is 0 Å². The van der Waals surface area contributed by atoms with Crippen LogP contribution >= 0.6 is 34.7 Å². The van der Waals surface area contributed by atoms with Gasteiger partial charge in [0.15, 0.2) is 0 Å². The number of ether oxygens (including phenoxy) is 1. The average Bonchev–Trinajstić information content (AvgIpc) is 2.79. The van der Waals surface area contributed by atoms with Crippen LogP contribution in [0.15, 0.2) is 44.8 Å². The summed E-state index contributed by atoms with van der Waals surface area (Å²) in [5.74, 6) is -0.303. The molecule has 0 aliphatic heterocycles. The van der Waals surface area contributed by atoms with E-state index in [9.17, 15) is 4.79 Å². The summed E-state index contributed by atoms with van der Waals surface area (Å²) < 4.78 is 4.73. The topological polar surface area (TPSA) is 26.3 Å². The molecular formula is C12H9ClO2S2. The summed E-state index contributed by atoms with van der Waals surface area (Å²) in [6.07, 6.45) is 0. The fourth-order valence-electron chi connectivity index (χ4n) is 1.25. The predicted molar refractivity (Wildman–Crippen MR) is 71.2 cm³/mol. The Hall–Kier alpha value is -0.970. The van der Waals surface area contributed by atoms with Crippen molar-refractivity contribution in [2.75, 3.05) is 7.11 Å². The third-order valence-corrected chi connectivity index (χ3v) is 4.28. The largest absolute Gasteiger partial charge is 0.465 e. The lowest BCUT2D eigenvalue weighted by atomic mass is 10.3. The quantitative estimate of drug-likeness (QED) is 0.784. The fourth-order valence-corrected chi connectivity index (χ4v) is 3.27. The van der Waals surface area contributed by atoms with Crippen molar-refractivity contribution in [3.05, 3.63) is 45.6 Å². The molecule has 1 heterocycles. The Balaban J connectivity index is 2.21. The molecule has 0 atom stereocenters. The van der Waals surface area contributed by atoms with E-state index in [1.807, 2.05) is 29.6 Å². The normalized spacial score (nSPS) is 10.2. The Kier molecular flexibility index (Phi) is 4.10. The molecular weight excluding hydrogens is 276 g/mol. The van der Waals surface area contributed by atoms with Crippen molar-refractivity contribution in [2.45, 2.75) is 9.79 Å². The minimum absolute atomic E-state index is 0.303. The van der Waals surface area contributed by atoms with Gasteiger partial charge in [-0.2, -0.15) is 11.3 Å². The number of halogens is 1. The molecule has 0 amide bonds. The second kappa shape index (κ2) is 5.58. The number of carbonyl (C=O) groups is 1. The van der Waals surface area contributed by atoms with Crippen LogP contribution in [-0.4, -0.2) is 13.1 Å². The van der Waals surface area contributed by atoms with Crippen molar-refractivity contribution < 1.29 is 9.53 Å². The van der Waals surface area contributed by atoms with E-state index in [4.69, 9.17) is 16.3 Å². The summed E-state index contributed by atoms with van der Waals surface area (Å²) in [6.45, 7) is 0. The lowest BCUT2D eigenvalue weighted by molar-refractivity contribution is 0.0597. The molecule has 0 bridgehead atoms. The van der Waals surface area contributed by atoms with Gasteiger partial charge in [-0.15, -0.1) is 0 Å².